The van der Waals surface area contributed by atoms with Crippen LogP contribution in [0.5, 0.6) is 0 Å². The molecule has 1 aromatic heterocycles. The minimum Gasteiger partial charge on any atom is -0.343 e. The minimum atomic E-state index is 0.838. The number of fused-ring (bicyclic) bond motifs is 1. The number of rotatable bonds is 0. The van der Waals surface area contributed by atoms with Crippen molar-refractivity contribution in [3.8, 4) is 0 Å². The van der Waals surface area contributed by atoms with E-state index in [4.69, 9.17) is 0 Å². The number of hydrogen-bond donors (Lipinski definition) is 2. The summed E-state index contributed by atoms with van der Waals surface area (Å²) in [6.07, 6.45) is 3.35. The maximum absolute atomic E-state index is 3.97. The topological polar surface area (TPSA) is 53.1 Å². The summed E-state index contributed by atoms with van der Waals surface area (Å²) >= 11 is 0. The van der Waals surface area contributed by atoms with Crippen LogP contribution in [0, 0.1) is 6.67 Å². The van der Waals surface area contributed by atoms with Crippen molar-refractivity contribution in [2.45, 2.75) is 0 Å². The van der Waals surface area contributed by atoms with Crippen molar-refractivity contribution in [2.24, 2.45) is 4.99 Å². The highest BCUT2D eigenvalue weighted by atomic mass is 15.1. The summed E-state index contributed by atoms with van der Waals surface area (Å²) in [5, 5.41) is 2.88. The average Bonchev–Trinajstić information content (AvgIpc) is 2.33. The zero-order chi connectivity index (χ0) is 6.10. The summed E-state index contributed by atoms with van der Waals surface area (Å²) in [4.78, 5) is 10.7. The van der Waals surface area contributed by atoms with Gasteiger partial charge in [0.15, 0.2) is 12.5 Å². The van der Waals surface area contributed by atoms with Gasteiger partial charge in [-0.15, -0.1) is 0 Å². The van der Waals surface area contributed by atoms with E-state index in [0.29, 0.717) is 0 Å². The van der Waals surface area contributed by atoms with Gasteiger partial charge in [0.1, 0.15) is 5.69 Å². The number of aromatic nitrogens is 2. The normalized spacial score (nSPS) is 14.7. The smallest absolute Gasteiger partial charge is 0.160 e. The molecule has 2 N–H and O–H groups in total. The fourth-order valence-corrected chi connectivity index (χ4v) is 0.728. The third kappa shape index (κ3) is 0.595. The van der Waals surface area contributed by atoms with E-state index >= 15 is 0 Å². The molecule has 9 heavy (non-hydrogen) atoms. The molecule has 0 atom stereocenters. The summed E-state index contributed by atoms with van der Waals surface area (Å²) in [6, 6.07) is 0. The molecular weight excluding hydrogens is 116 g/mol. The zero-order valence-corrected chi connectivity index (χ0v) is 4.63. The number of nitrogens with zero attached hydrogens (tertiary/aromatic N) is 2. The third-order valence-corrected chi connectivity index (χ3v) is 1.15. The van der Waals surface area contributed by atoms with Crippen molar-refractivity contribution in [3.05, 3.63) is 18.7 Å². The van der Waals surface area contributed by atoms with E-state index in [1.54, 1.807) is 19.2 Å². The fourth-order valence-electron chi connectivity index (χ4n) is 0.728. The number of imidazole rings is 1. The second-order valence-corrected chi connectivity index (χ2v) is 1.72. The molecule has 4 heteroatoms. The Kier molecular flexibility index (Phi) is 0.798. The number of H-pyrrole nitrogens is 1. The van der Waals surface area contributed by atoms with Gasteiger partial charge in [0.25, 0.3) is 0 Å². The van der Waals surface area contributed by atoms with Crippen LogP contribution >= 0.6 is 0 Å². The van der Waals surface area contributed by atoms with E-state index in [9.17, 15) is 0 Å². The van der Waals surface area contributed by atoms with Crippen LogP contribution in [0.25, 0.3) is 0 Å². The van der Waals surface area contributed by atoms with Crippen LogP contribution in [0.15, 0.2) is 11.3 Å². The maximum Gasteiger partial charge on any atom is 0.160 e. The van der Waals surface area contributed by atoms with E-state index in [1.165, 1.54) is 0 Å². The first-order chi connectivity index (χ1) is 4.47. The van der Waals surface area contributed by atoms with Crippen LogP contribution < -0.4 is 5.32 Å². The third-order valence-electron chi connectivity index (χ3n) is 1.15. The lowest BCUT2D eigenvalue weighted by Gasteiger charge is -2.02. The first-order valence-electron chi connectivity index (χ1n) is 2.61. The molecule has 0 unspecified atom stereocenters. The predicted molar refractivity (Wildman–Crippen MR) is 34.1 cm³/mol. The molecule has 0 fully saturated rings. The molecule has 2 heterocycles. The molecule has 1 radical (unpaired) electrons. The van der Waals surface area contributed by atoms with Crippen molar-refractivity contribution < 1.29 is 0 Å². The van der Waals surface area contributed by atoms with Gasteiger partial charge in [0.2, 0.25) is 0 Å². The molecule has 0 spiro atoms. The van der Waals surface area contributed by atoms with E-state index < -0.39 is 0 Å². The largest absolute Gasteiger partial charge is 0.343 e. The molecule has 0 bridgehead atoms. The first-order valence-corrected chi connectivity index (χ1v) is 2.61. The molecule has 1 aliphatic rings. The first kappa shape index (κ1) is 4.55. The standard InChI is InChI=1S/C5H5N4/c1-4-5(8-2-6-1)9-3-7-4/h1-3,8H,(H,7,9). The highest BCUT2D eigenvalue weighted by molar-refractivity contribution is 5.86. The van der Waals surface area contributed by atoms with Crippen LogP contribution in [0.3, 0.4) is 0 Å². The highest BCUT2D eigenvalue weighted by Gasteiger charge is 2.04. The van der Waals surface area contributed by atoms with Gasteiger partial charge in [-0.1, -0.05) is 0 Å². The number of anilines is 1. The molecule has 0 saturated carbocycles. The Morgan fingerprint density at radius 3 is 3.33 bits per heavy atom. The summed E-state index contributed by atoms with van der Waals surface area (Å²) in [5.74, 6) is 0.838. The highest BCUT2D eigenvalue weighted by Crippen LogP contribution is 2.10. The molecule has 0 saturated heterocycles. The summed E-state index contributed by atoms with van der Waals surface area (Å²) in [6.45, 7) is 1.60. The quantitative estimate of drug-likeness (QED) is 0.521. The van der Waals surface area contributed by atoms with Gasteiger partial charge in [-0.05, 0) is 0 Å². The van der Waals surface area contributed by atoms with Gasteiger partial charge >= 0.3 is 0 Å². The number of hydrogen-bond acceptors (Lipinski definition) is 3. The Labute approximate surface area is 52.0 Å². The minimum absolute atomic E-state index is 0.838. The van der Waals surface area contributed by atoms with E-state index in [2.05, 4.69) is 20.3 Å². The second-order valence-electron chi connectivity index (χ2n) is 1.72. The summed E-state index contributed by atoms with van der Waals surface area (Å²) in [7, 11) is 0. The van der Waals surface area contributed by atoms with Gasteiger partial charge in [-0.2, -0.15) is 0 Å². The maximum atomic E-state index is 3.97. The Morgan fingerprint density at radius 2 is 2.44 bits per heavy atom. The Balaban J connectivity index is 2.53. The van der Waals surface area contributed by atoms with Crippen molar-refractivity contribution in [1.82, 2.24) is 9.97 Å². The van der Waals surface area contributed by atoms with Crippen molar-refractivity contribution in [3.63, 3.8) is 0 Å². The van der Waals surface area contributed by atoms with Crippen LogP contribution in [-0.4, -0.2) is 16.2 Å². The Bertz CT molecular complexity index is 237. The molecule has 1 aromatic rings. The van der Waals surface area contributed by atoms with Crippen LogP contribution in [0.4, 0.5) is 5.82 Å². The van der Waals surface area contributed by atoms with Crippen molar-refractivity contribution in [1.29, 1.82) is 0 Å². The Hall–Kier alpha value is -1.32. The van der Waals surface area contributed by atoms with Gasteiger partial charge in [0, 0.05) is 0 Å². The van der Waals surface area contributed by atoms with Crippen molar-refractivity contribution >= 4 is 12.0 Å². The molecular formula is C5H5N4. The monoisotopic (exact) mass is 121 g/mol. The van der Waals surface area contributed by atoms with Crippen LogP contribution in [0.2, 0.25) is 0 Å². The molecule has 4 nitrogen and oxygen atoms in total. The van der Waals surface area contributed by atoms with Crippen molar-refractivity contribution in [2.75, 3.05) is 5.32 Å². The molecule has 2 rings (SSSR count). The van der Waals surface area contributed by atoms with Gasteiger partial charge < -0.3 is 10.3 Å². The number of aliphatic imine (C=N–C) groups is 1. The average molecular weight is 121 g/mol. The van der Waals surface area contributed by atoms with E-state index in [0.717, 1.165) is 11.5 Å². The molecule has 0 amide bonds. The fraction of sp³-hybridized carbons (Fsp3) is 0. The lowest BCUT2D eigenvalue weighted by atomic mass is 10.4. The molecule has 0 aliphatic carbocycles. The number of nitrogens with one attached hydrogen (secondary N) is 2. The van der Waals surface area contributed by atoms with E-state index in [-0.39, 0.29) is 0 Å². The lowest BCUT2D eigenvalue weighted by molar-refractivity contribution is 1.24. The van der Waals surface area contributed by atoms with Crippen LogP contribution in [-0.2, 0) is 0 Å². The van der Waals surface area contributed by atoms with E-state index in [1.807, 2.05) is 0 Å². The predicted octanol–water partition coefficient (Wildman–Crippen LogP) is 0.373. The molecule has 1 aliphatic heterocycles. The molecule has 0 aromatic carbocycles. The summed E-state index contributed by atoms with van der Waals surface area (Å²) < 4.78 is 0. The van der Waals surface area contributed by atoms with Gasteiger partial charge in [0.05, 0.1) is 12.5 Å². The second kappa shape index (κ2) is 1.58. The SMILES string of the molecule is [CH]1N=Cc2[nH]cnc2N1. The lowest BCUT2D eigenvalue weighted by Crippen LogP contribution is -2.01. The molecule has 45 valence electrons. The summed E-state index contributed by atoms with van der Waals surface area (Å²) in [5.41, 5.74) is 0.928. The Morgan fingerprint density at radius 1 is 1.44 bits per heavy atom. The van der Waals surface area contributed by atoms with Gasteiger partial charge in [-0.25, -0.2) is 4.98 Å². The zero-order valence-electron chi connectivity index (χ0n) is 4.63. The number of aromatic amines is 1. The van der Waals surface area contributed by atoms with Gasteiger partial charge in [-0.3, -0.25) is 4.99 Å². The van der Waals surface area contributed by atoms with Crippen LogP contribution in [0.1, 0.15) is 5.69 Å².